The Kier molecular flexibility index (Phi) is 2.49. The van der Waals surface area contributed by atoms with Crippen LogP contribution in [0.5, 0.6) is 0 Å². The number of thiol groups is 2. The van der Waals surface area contributed by atoms with E-state index < -0.39 is 0 Å². The molecule has 1 heterocycles. The van der Waals surface area contributed by atoms with Crippen molar-refractivity contribution >= 4 is 53.2 Å². The van der Waals surface area contributed by atoms with Crippen molar-refractivity contribution < 1.29 is 4.79 Å². The van der Waals surface area contributed by atoms with Crippen molar-refractivity contribution in [3.63, 3.8) is 0 Å². The van der Waals surface area contributed by atoms with Gasteiger partial charge in [0, 0.05) is 0 Å². The van der Waals surface area contributed by atoms with Gasteiger partial charge in [0.05, 0.1) is 9.16 Å². The first kappa shape index (κ1) is 7.18. The van der Waals surface area contributed by atoms with Crippen LogP contribution in [0.3, 0.4) is 0 Å². The molecular formula is C3H4OS4. The minimum atomic E-state index is 0.0795. The van der Waals surface area contributed by atoms with Gasteiger partial charge in [0.2, 0.25) is 4.45 Å². The van der Waals surface area contributed by atoms with Gasteiger partial charge in [0.1, 0.15) is 0 Å². The molecule has 1 aliphatic heterocycles. The van der Waals surface area contributed by atoms with Gasteiger partial charge in [-0.05, 0) is 0 Å². The van der Waals surface area contributed by atoms with E-state index in [0.717, 1.165) is 0 Å². The summed E-state index contributed by atoms with van der Waals surface area (Å²) in [5, 5.41) is 0. The molecule has 0 aromatic carbocycles. The van der Waals surface area contributed by atoms with E-state index in [1.54, 1.807) is 0 Å². The molecule has 2 atom stereocenters. The quantitative estimate of drug-likeness (QED) is 0.562. The Bertz CT molecular complexity index is 102. The second-order valence-corrected chi connectivity index (χ2v) is 5.57. The number of carbonyl (C=O) groups excluding carboxylic acids is 1. The zero-order valence-electron chi connectivity index (χ0n) is 3.77. The van der Waals surface area contributed by atoms with Gasteiger partial charge in [-0.3, -0.25) is 4.79 Å². The highest BCUT2D eigenvalue weighted by atomic mass is 32.2. The van der Waals surface area contributed by atoms with Crippen LogP contribution in [0.1, 0.15) is 0 Å². The molecule has 0 saturated carbocycles. The van der Waals surface area contributed by atoms with Crippen LogP contribution in [0, 0.1) is 0 Å². The predicted octanol–water partition coefficient (Wildman–Crippen LogP) is 2.10. The molecule has 1 aliphatic rings. The molecule has 0 amide bonds. The number of hydrogen-bond donors (Lipinski definition) is 2. The summed E-state index contributed by atoms with van der Waals surface area (Å²) in [7, 11) is 0. The average Bonchev–Trinajstić information content (AvgIpc) is 1.85. The molecule has 1 fully saturated rings. The molecule has 1 saturated heterocycles. The lowest BCUT2D eigenvalue weighted by Crippen LogP contribution is -1.97. The van der Waals surface area contributed by atoms with Crippen LogP contribution >= 0.6 is 48.8 Å². The van der Waals surface area contributed by atoms with Crippen LogP contribution in [0.25, 0.3) is 0 Å². The Labute approximate surface area is 67.2 Å². The molecular weight excluding hydrogens is 180 g/mol. The monoisotopic (exact) mass is 184 g/mol. The van der Waals surface area contributed by atoms with Crippen LogP contribution in [0.2, 0.25) is 0 Å². The van der Waals surface area contributed by atoms with E-state index in [9.17, 15) is 4.79 Å². The maximum absolute atomic E-state index is 10.5. The topological polar surface area (TPSA) is 17.1 Å². The fraction of sp³-hybridized carbons (Fsp3) is 0.667. The van der Waals surface area contributed by atoms with Gasteiger partial charge < -0.3 is 0 Å². The number of carbonyl (C=O) groups is 1. The molecule has 0 radical (unpaired) electrons. The molecule has 1 rings (SSSR count). The lowest BCUT2D eigenvalue weighted by molar-refractivity contribution is 0.277. The third-order valence-corrected chi connectivity index (χ3v) is 4.71. The van der Waals surface area contributed by atoms with Gasteiger partial charge in [-0.15, -0.1) is 0 Å². The van der Waals surface area contributed by atoms with Crippen LogP contribution < -0.4 is 0 Å². The van der Waals surface area contributed by atoms with Gasteiger partial charge >= 0.3 is 0 Å². The highest BCUT2D eigenvalue weighted by molar-refractivity contribution is 8.46. The van der Waals surface area contributed by atoms with Crippen LogP contribution in [-0.2, 0) is 0 Å². The van der Waals surface area contributed by atoms with Gasteiger partial charge in [-0.1, -0.05) is 23.5 Å². The SMILES string of the molecule is O=C1SC(S)C(S)S1. The summed E-state index contributed by atoms with van der Waals surface area (Å²) < 4.78 is 0.289. The van der Waals surface area contributed by atoms with E-state index in [1.807, 2.05) is 0 Å². The number of rotatable bonds is 0. The third-order valence-electron chi connectivity index (χ3n) is 0.678. The maximum atomic E-state index is 10.5. The summed E-state index contributed by atoms with van der Waals surface area (Å²) in [4.78, 5) is 10.5. The van der Waals surface area contributed by atoms with Crippen LogP contribution in [0.4, 0.5) is 4.79 Å². The van der Waals surface area contributed by atoms with Crippen LogP contribution in [0.15, 0.2) is 0 Å². The van der Waals surface area contributed by atoms with E-state index in [-0.39, 0.29) is 13.6 Å². The Morgan fingerprint density at radius 3 is 1.75 bits per heavy atom. The minimum Gasteiger partial charge on any atom is -0.274 e. The summed E-state index contributed by atoms with van der Waals surface area (Å²) in [6, 6.07) is 0. The molecule has 1 nitrogen and oxygen atoms in total. The van der Waals surface area contributed by atoms with Crippen molar-refractivity contribution in [1.82, 2.24) is 0 Å². The highest BCUT2D eigenvalue weighted by Gasteiger charge is 2.29. The molecule has 0 N–H and O–H groups in total. The molecule has 0 spiro atoms. The van der Waals surface area contributed by atoms with Crippen molar-refractivity contribution in [2.24, 2.45) is 0 Å². The van der Waals surface area contributed by atoms with Crippen LogP contribution in [-0.4, -0.2) is 13.6 Å². The van der Waals surface area contributed by atoms with E-state index in [4.69, 9.17) is 0 Å². The summed E-state index contributed by atoms with van der Waals surface area (Å²) in [5.41, 5.74) is 0. The molecule has 2 unspecified atom stereocenters. The molecule has 0 bridgehead atoms. The van der Waals surface area contributed by atoms with Gasteiger partial charge in [-0.25, -0.2) is 0 Å². The molecule has 0 aromatic heterocycles. The summed E-state index contributed by atoms with van der Waals surface area (Å²) in [6.45, 7) is 0. The molecule has 5 heteroatoms. The standard InChI is InChI=1S/C3H4OS4/c4-3-7-1(5)2(6)8-3/h1-2,5-6H. The summed E-state index contributed by atoms with van der Waals surface area (Å²) in [5.74, 6) is 0. The summed E-state index contributed by atoms with van der Waals surface area (Å²) >= 11 is 10.7. The first-order valence-corrected chi connectivity index (χ1v) is 4.73. The number of hydrogen-bond acceptors (Lipinski definition) is 5. The fourth-order valence-electron chi connectivity index (χ4n) is 0.341. The second kappa shape index (κ2) is 2.77. The molecule has 8 heavy (non-hydrogen) atoms. The normalized spacial score (nSPS) is 38.5. The molecule has 0 aliphatic carbocycles. The molecule has 46 valence electrons. The lowest BCUT2D eigenvalue weighted by atomic mass is 10.9. The Morgan fingerprint density at radius 2 is 1.62 bits per heavy atom. The molecule has 0 aromatic rings. The predicted molar refractivity (Wildman–Crippen MR) is 46.1 cm³/mol. The Balaban J connectivity index is 2.51. The fourth-order valence-corrected chi connectivity index (χ4v) is 3.51. The van der Waals surface area contributed by atoms with Crippen molar-refractivity contribution in [1.29, 1.82) is 0 Å². The average molecular weight is 184 g/mol. The number of thioether (sulfide) groups is 2. The Morgan fingerprint density at radius 1 is 1.25 bits per heavy atom. The second-order valence-electron chi connectivity index (χ2n) is 1.27. The smallest absolute Gasteiger partial charge is 0.248 e. The van der Waals surface area contributed by atoms with Gasteiger partial charge in [-0.2, -0.15) is 25.3 Å². The maximum Gasteiger partial charge on any atom is 0.248 e. The van der Waals surface area contributed by atoms with Crippen molar-refractivity contribution in [2.75, 3.05) is 0 Å². The Hall–Kier alpha value is 1.07. The van der Waals surface area contributed by atoms with Crippen molar-refractivity contribution in [3.05, 3.63) is 0 Å². The van der Waals surface area contributed by atoms with E-state index >= 15 is 0 Å². The summed E-state index contributed by atoms with van der Waals surface area (Å²) in [6.07, 6.45) is 0. The highest BCUT2D eigenvalue weighted by Crippen LogP contribution is 2.42. The van der Waals surface area contributed by atoms with Gasteiger partial charge in [0.15, 0.2) is 0 Å². The first-order valence-electron chi connectivity index (χ1n) is 1.93. The largest absolute Gasteiger partial charge is 0.274 e. The van der Waals surface area contributed by atoms with Crippen molar-refractivity contribution in [3.8, 4) is 0 Å². The zero-order valence-corrected chi connectivity index (χ0v) is 7.20. The van der Waals surface area contributed by atoms with E-state index in [1.165, 1.54) is 23.5 Å². The first-order chi connectivity index (χ1) is 3.70. The minimum absolute atomic E-state index is 0.0795. The zero-order chi connectivity index (χ0) is 6.15. The van der Waals surface area contributed by atoms with E-state index in [2.05, 4.69) is 25.3 Å². The van der Waals surface area contributed by atoms with Gasteiger partial charge in [0.25, 0.3) is 0 Å². The van der Waals surface area contributed by atoms with E-state index in [0.29, 0.717) is 0 Å². The van der Waals surface area contributed by atoms with Crippen molar-refractivity contribution in [2.45, 2.75) is 9.16 Å². The lowest BCUT2D eigenvalue weighted by Gasteiger charge is -1.99. The third kappa shape index (κ3) is 1.52.